The molecular formula is C24H22N2O2S. The first-order valence-corrected chi connectivity index (χ1v) is 10.7. The number of aromatic nitrogens is 1. The fourth-order valence-corrected chi connectivity index (χ4v) is 4.33. The average Bonchev–Trinajstić information content (AvgIpc) is 2.77. The van der Waals surface area contributed by atoms with Gasteiger partial charge in [0.25, 0.3) is 0 Å². The van der Waals surface area contributed by atoms with Crippen LogP contribution in [0.2, 0.25) is 0 Å². The second-order valence-electron chi connectivity index (χ2n) is 6.81. The first-order valence-electron chi connectivity index (χ1n) is 9.69. The van der Waals surface area contributed by atoms with Crippen molar-refractivity contribution in [3.05, 3.63) is 89.1 Å². The number of pyridine rings is 1. The Morgan fingerprint density at radius 1 is 0.828 bits per heavy atom. The van der Waals surface area contributed by atoms with Crippen LogP contribution >= 0.6 is 11.8 Å². The lowest BCUT2D eigenvalue weighted by Crippen LogP contribution is -2.29. The highest BCUT2D eigenvalue weighted by Gasteiger charge is 2.12. The molecule has 5 heteroatoms. The zero-order valence-corrected chi connectivity index (χ0v) is 16.8. The highest BCUT2D eigenvalue weighted by atomic mass is 32.2. The van der Waals surface area contributed by atoms with Crippen LogP contribution in [0.25, 0.3) is 21.8 Å². The standard InChI is InChI=1S/C24H22N2O2S/c27-23(25-15-8-16-29-18-9-2-1-3-10-18)17-26-21-13-6-4-11-19(21)24(28)20-12-5-7-14-22(20)26/h1-7,9-14H,8,15-17H2,(H,25,27). The molecule has 1 amide bonds. The minimum Gasteiger partial charge on any atom is -0.355 e. The molecular weight excluding hydrogens is 380 g/mol. The molecule has 0 aliphatic rings. The SMILES string of the molecule is O=C(Cn1c2ccccc2c(=O)c2ccccc21)NCCCSc1ccccc1. The number of para-hydroxylation sites is 2. The van der Waals surface area contributed by atoms with Gasteiger partial charge in [-0.25, -0.2) is 0 Å². The maximum Gasteiger partial charge on any atom is 0.239 e. The van der Waals surface area contributed by atoms with Crippen molar-refractivity contribution in [2.45, 2.75) is 17.9 Å². The molecule has 0 bridgehead atoms. The van der Waals surface area contributed by atoms with Crippen molar-refractivity contribution in [1.29, 1.82) is 0 Å². The number of carbonyl (C=O) groups excluding carboxylic acids is 1. The van der Waals surface area contributed by atoms with Gasteiger partial charge in [0, 0.05) is 22.2 Å². The van der Waals surface area contributed by atoms with Crippen molar-refractivity contribution in [2.75, 3.05) is 12.3 Å². The summed E-state index contributed by atoms with van der Waals surface area (Å²) in [5, 5.41) is 4.28. The maximum atomic E-state index is 12.8. The summed E-state index contributed by atoms with van der Waals surface area (Å²) in [4.78, 5) is 26.6. The van der Waals surface area contributed by atoms with Crippen molar-refractivity contribution >= 4 is 39.5 Å². The third-order valence-electron chi connectivity index (χ3n) is 4.84. The molecule has 1 N–H and O–H groups in total. The Balaban J connectivity index is 1.45. The van der Waals surface area contributed by atoms with Gasteiger partial charge in [-0.2, -0.15) is 0 Å². The largest absolute Gasteiger partial charge is 0.355 e. The summed E-state index contributed by atoms with van der Waals surface area (Å²) in [6.07, 6.45) is 0.900. The molecule has 0 saturated heterocycles. The molecule has 0 radical (unpaired) electrons. The molecule has 3 aromatic carbocycles. The van der Waals surface area contributed by atoms with Gasteiger partial charge in [-0.3, -0.25) is 9.59 Å². The lowest BCUT2D eigenvalue weighted by Gasteiger charge is -2.15. The zero-order valence-electron chi connectivity index (χ0n) is 16.0. The second kappa shape index (κ2) is 8.97. The highest BCUT2D eigenvalue weighted by Crippen LogP contribution is 2.19. The van der Waals surface area contributed by atoms with Crippen molar-refractivity contribution in [2.24, 2.45) is 0 Å². The van der Waals surface area contributed by atoms with Crippen LogP contribution in [0.3, 0.4) is 0 Å². The van der Waals surface area contributed by atoms with Gasteiger partial charge in [0.15, 0.2) is 5.43 Å². The normalized spacial score (nSPS) is 11.0. The molecule has 0 fully saturated rings. The third-order valence-corrected chi connectivity index (χ3v) is 5.93. The third kappa shape index (κ3) is 4.35. The number of hydrogen-bond donors (Lipinski definition) is 1. The summed E-state index contributed by atoms with van der Waals surface area (Å²) < 4.78 is 1.93. The number of rotatable bonds is 7. The molecule has 29 heavy (non-hydrogen) atoms. The number of thioether (sulfide) groups is 1. The minimum absolute atomic E-state index is 0.00537. The van der Waals surface area contributed by atoms with E-state index in [0.717, 1.165) is 23.2 Å². The number of hydrogen-bond acceptors (Lipinski definition) is 3. The fraction of sp³-hybridized carbons (Fsp3) is 0.167. The van der Waals surface area contributed by atoms with E-state index in [2.05, 4.69) is 17.4 Å². The van der Waals surface area contributed by atoms with Gasteiger partial charge in [0.05, 0.1) is 11.0 Å². The van der Waals surface area contributed by atoms with Crippen LogP contribution in [0.1, 0.15) is 6.42 Å². The average molecular weight is 403 g/mol. The number of nitrogens with zero attached hydrogens (tertiary/aromatic N) is 1. The van der Waals surface area contributed by atoms with Gasteiger partial charge in [-0.05, 0) is 48.6 Å². The molecule has 4 rings (SSSR count). The Labute approximate surface area is 173 Å². The van der Waals surface area contributed by atoms with Gasteiger partial charge in [-0.15, -0.1) is 11.8 Å². The van der Waals surface area contributed by atoms with Crippen LogP contribution in [-0.4, -0.2) is 22.8 Å². The molecule has 4 aromatic rings. The van der Waals surface area contributed by atoms with Gasteiger partial charge in [0.2, 0.25) is 5.91 Å². The molecule has 0 aliphatic carbocycles. The van der Waals surface area contributed by atoms with Gasteiger partial charge < -0.3 is 9.88 Å². The summed E-state index contributed by atoms with van der Waals surface area (Å²) in [5.41, 5.74) is 1.57. The summed E-state index contributed by atoms with van der Waals surface area (Å²) in [6, 6.07) is 25.2. The van der Waals surface area contributed by atoms with Crippen molar-refractivity contribution in [3.8, 4) is 0 Å². The molecule has 1 heterocycles. The summed E-state index contributed by atoms with van der Waals surface area (Å²) >= 11 is 1.79. The van der Waals surface area contributed by atoms with E-state index in [-0.39, 0.29) is 17.9 Å². The Morgan fingerprint density at radius 2 is 1.41 bits per heavy atom. The van der Waals surface area contributed by atoms with E-state index < -0.39 is 0 Å². The first-order chi connectivity index (χ1) is 14.2. The molecule has 0 spiro atoms. The van der Waals surface area contributed by atoms with E-state index in [1.807, 2.05) is 71.3 Å². The molecule has 0 saturated carbocycles. The van der Waals surface area contributed by atoms with E-state index in [1.165, 1.54) is 4.90 Å². The van der Waals surface area contributed by atoms with Crippen LogP contribution in [0.4, 0.5) is 0 Å². The Hall–Kier alpha value is -3.05. The number of fused-ring (bicyclic) bond motifs is 2. The Kier molecular flexibility index (Phi) is 5.96. The Bertz CT molecular complexity index is 1140. The van der Waals surface area contributed by atoms with Crippen LogP contribution < -0.4 is 10.7 Å². The fourth-order valence-electron chi connectivity index (χ4n) is 3.45. The molecule has 146 valence electrons. The number of benzene rings is 3. The minimum atomic E-state index is -0.0475. The van der Waals surface area contributed by atoms with Crippen molar-refractivity contribution in [1.82, 2.24) is 9.88 Å². The van der Waals surface area contributed by atoms with E-state index in [1.54, 1.807) is 11.8 Å². The number of amides is 1. The monoisotopic (exact) mass is 402 g/mol. The smallest absolute Gasteiger partial charge is 0.239 e. The van der Waals surface area contributed by atoms with Crippen LogP contribution in [0.5, 0.6) is 0 Å². The van der Waals surface area contributed by atoms with Gasteiger partial charge >= 0.3 is 0 Å². The van der Waals surface area contributed by atoms with Crippen LogP contribution in [0.15, 0.2) is 88.6 Å². The van der Waals surface area contributed by atoms with Crippen LogP contribution in [0, 0.1) is 0 Å². The van der Waals surface area contributed by atoms with E-state index in [9.17, 15) is 9.59 Å². The summed E-state index contributed by atoms with van der Waals surface area (Å²) in [5.74, 6) is 0.905. The second-order valence-corrected chi connectivity index (χ2v) is 7.98. The van der Waals surface area contributed by atoms with E-state index in [0.29, 0.717) is 17.3 Å². The number of nitrogens with one attached hydrogen (secondary N) is 1. The zero-order chi connectivity index (χ0) is 20.1. The maximum absolute atomic E-state index is 12.8. The van der Waals surface area contributed by atoms with Crippen molar-refractivity contribution in [3.63, 3.8) is 0 Å². The molecule has 0 unspecified atom stereocenters. The van der Waals surface area contributed by atoms with Gasteiger partial charge in [-0.1, -0.05) is 42.5 Å². The molecule has 4 nitrogen and oxygen atoms in total. The first kappa shape index (κ1) is 19.3. The van der Waals surface area contributed by atoms with Gasteiger partial charge in [0.1, 0.15) is 6.54 Å². The van der Waals surface area contributed by atoms with Crippen LogP contribution in [-0.2, 0) is 11.3 Å². The summed E-state index contributed by atoms with van der Waals surface area (Å²) in [7, 11) is 0. The molecule has 0 aliphatic heterocycles. The highest BCUT2D eigenvalue weighted by molar-refractivity contribution is 7.99. The quantitative estimate of drug-likeness (QED) is 0.282. The predicted molar refractivity (Wildman–Crippen MR) is 121 cm³/mol. The lowest BCUT2D eigenvalue weighted by atomic mass is 10.1. The lowest BCUT2D eigenvalue weighted by molar-refractivity contribution is -0.121. The van der Waals surface area contributed by atoms with E-state index in [4.69, 9.17) is 0 Å². The molecule has 0 atom stereocenters. The predicted octanol–water partition coefficient (Wildman–Crippen LogP) is 4.45. The van der Waals surface area contributed by atoms with E-state index >= 15 is 0 Å². The summed E-state index contributed by atoms with van der Waals surface area (Å²) in [6.45, 7) is 0.821. The topological polar surface area (TPSA) is 51.1 Å². The number of carbonyl (C=O) groups is 1. The van der Waals surface area contributed by atoms with Crippen molar-refractivity contribution < 1.29 is 4.79 Å². The molecule has 1 aromatic heterocycles. The Morgan fingerprint density at radius 3 is 2.07 bits per heavy atom.